The van der Waals surface area contributed by atoms with Crippen molar-refractivity contribution in [1.29, 1.82) is 0 Å². The molecule has 1 saturated heterocycles. The Kier molecular flexibility index (Phi) is 6.59. The summed E-state index contributed by atoms with van der Waals surface area (Å²) in [7, 11) is -3.69. The largest absolute Gasteiger partial charge is 0.452 e. The number of esters is 1. The second-order valence-electron chi connectivity index (χ2n) is 8.72. The highest BCUT2D eigenvalue weighted by Crippen LogP contribution is 2.30. The summed E-state index contributed by atoms with van der Waals surface area (Å²) in [5.41, 5.74) is 4.18. The fraction of sp³-hybridized carbons (Fsp3) is 0.360. The molecule has 2 aliphatic rings. The monoisotopic (exact) mass is 497 g/mol. The van der Waals surface area contributed by atoms with Gasteiger partial charge in [-0.05, 0) is 67.6 Å². The molecular weight excluding hydrogens is 470 g/mol. The topological polar surface area (TPSA) is 118 Å². The number of rotatable bonds is 6. The van der Waals surface area contributed by atoms with Crippen molar-refractivity contribution in [1.82, 2.24) is 9.29 Å². The number of nitrogens with one attached hydrogen (secondary N) is 2. The molecule has 10 heteroatoms. The fourth-order valence-electron chi connectivity index (χ4n) is 4.61. The first-order chi connectivity index (χ1) is 16.9. The number of amides is 1. The lowest BCUT2D eigenvalue weighted by atomic mass is 9.95. The molecule has 0 bridgehead atoms. The van der Waals surface area contributed by atoms with Crippen molar-refractivity contribution in [2.24, 2.45) is 0 Å². The third-order valence-electron chi connectivity index (χ3n) is 6.39. The highest BCUT2D eigenvalue weighted by Gasteiger charge is 2.26. The summed E-state index contributed by atoms with van der Waals surface area (Å²) >= 11 is 0. The van der Waals surface area contributed by atoms with Gasteiger partial charge in [0.1, 0.15) is 0 Å². The molecule has 3 aromatic rings. The molecular formula is C25H27N3O6S. The Morgan fingerprint density at radius 3 is 2.69 bits per heavy atom. The molecule has 184 valence electrons. The van der Waals surface area contributed by atoms with Crippen LogP contribution in [-0.4, -0.2) is 62.5 Å². The molecule has 2 aromatic carbocycles. The van der Waals surface area contributed by atoms with Crippen LogP contribution in [0.4, 0.5) is 5.69 Å². The number of morpholine rings is 1. The third-order valence-corrected chi connectivity index (χ3v) is 8.29. The van der Waals surface area contributed by atoms with Gasteiger partial charge in [0.15, 0.2) is 6.61 Å². The Hall–Kier alpha value is -3.21. The van der Waals surface area contributed by atoms with Gasteiger partial charge in [0.25, 0.3) is 5.91 Å². The van der Waals surface area contributed by atoms with Crippen LogP contribution in [0, 0.1) is 0 Å². The first-order valence-corrected chi connectivity index (χ1v) is 13.1. The van der Waals surface area contributed by atoms with Gasteiger partial charge in [-0.2, -0.15) is 4.31 Å². The summed E-state index contributed by atoms with van der Waals surface area (Å²) in [6.45, 7) is 0.780. The van der Waals surface area contributed by atoms with Gasteiger partial charge in [0, 0.05) is 35.4 Å². The summed E-state index contributed by atoms with van der Waals surface area (Å²) in [6.07, 6.45) is 4.28. The van der Waals surface area contributed by atoms with Crippen LogP contribution in [0.15, 0.2) is 47.4 Å². The number of hydrogen-bond acceptors (Lipinski definition) is 6. The second kappa shape index (κ2) is 9.80. The SMILES string of the molecule is O=C(COC(=O)c1ccc2[nH]c3c(c2c1)CCCC3)Nc1cccc(S(=O)(=O)N2CCOCC2)c1. The number of aryl methyl sites for hydroxylation is 2. The quantitative estimate of drug-likeness (QED) is 0.506. The molecule has 0 saturated carbocycles. The van der Waals surface area contributed by atoms with E-state index in [9.17, 15) is 18.0 Å². The second-order valence-corrected chi connectivity index (χ2v) is 10.7. The van der Waals surface area contributed by atoms with E-state index in [1.54, 1.807) is 18.2 Å². The Labute approximate surface area is 203 Å². The Balaban J connectivity index is 1.22. The molecule has 0 spiro atoms. The predicted octanol–water partition coefficient (Wildman–Crippen LogP) is 2.86. The van der Waals surface area contributed by atoms with Crippen molar-refractivity contribution < 1.29 is 27.5 Å². The van der Waals surface area contributed by atoms with Gasteiger partial charge in [0.05, 0.1) is 23.7 Å². The van der Waals surface area contributed by atoms with Gasteiger partial charge in [-0.15, -0.1) is 0 Å². The summed E-state index contributed by atoms with van der Waals surface area (Å²) in [5, 5.41) is 3.63. The number of hydrogen-bond donors (Lipinski definition) is 2. The van der Waals surface area contributed by atoms with Crippen molar-refractivity contribution >= 4 is 38.5 Å². The van der Waals surface area contributed by atoms with Crippen LogP contribution >= 0.6 is 0 Å². The molecule has 0 atom stereocenters. The van der Waals surface area contributed by atoms with E-state index in [-0.39, 0.29) is 18.0 Å². The van der Waals surface area contributed by atoms with Crippen molar-refractivity contribution in [3.63, 3.8) is 0 Å². The highest BCUT2D eigenvalue weighted by molar-refractivity contribution is 7.89. The Morgan fingerprint density at radius 2 is 1.86 bits per heavy atom. The molecule has 9 nitrogen and oxygen atoms in total. The predicted molar refractivity (Wildman–Crippen MR) is 130 cm³/mol. The summed E-state index contributed by atoms with van der Waals surface area (Å²) in [5.74, 6) is -1.14. The van der Waals surface area contributed by atoms with Crippen LogP contribution < -0.4 is 5.32 Å². The average molecular weight is 498 g/mol. The molecule has 1 aliphatic heterocycles. The van der Waals surface area contributed by atoms with Gasteiger partial charge in [0.2, 0.25) is 10.0 Å². The number of aromatic amines is 1. The maximum atomic E-state index is 12.8. The molecule has 0 unspecified atom stereocenters. The van der Waals surface area contributed by atoms with Gasteiger partial charge in [-0.3, -0.25) is 4.79 Å². The first-order valence-electron chi connectivity index (χ1n) is 11.7. The van der Waals surface area contributed by atoms with E-state index in [1.807, 2.05) is 12.1 Å². The van der Waals surface area contributed by atoms with E-state index in [0.717, 1.165) is 36.6 Å². The maximum absolute atomic E-state index is 12.8. The normalized spacial score (nSPS) is 16.6. The number of fused-ring (bicyclic) bond motifs is 3. The van der Waals surface area contributed by atoms with E-state index in [1.165, 1.54) is 27.7 Å². The number of sulfonamides is 1. The molecule has 35 heavy (non-hydrogen) atoms. The lowest BCUT2D eigenvalue weighted by Gasteiger charge is -2.26. The van der Waals surface area contributed by atoms with Crippen molar-refractivity contribution in [2.75, 3.05) is 38.2 Å². The van der Waals surface area contributed by atoms with E-state index in [4.69, 9.17) is 9.47 Å². The van der Waals surface area contributed by atoms with Gasteiger partial charge < -0.3 is 19.8 Å². The molecule has 1 fully saturated rings. The number of carbonyl (C=O) groups excluding carboxylic acids is 2. The highest BCUT2D eigenvalue weighted by atomic mass is 32.2. The zero-order valence-corrected chi connectivity index (χ0v) is 20.0. The number of ether oxygens (including phenoxy) is 2. The van der Waals surface area contributed by atoms with Crippen LogP contribution in [0.25, 0.3) is 10.9 Å². The smallest absolute Gasteiger partial charge is 0.338 e. The van der Waals surface area contributed by atoms with Crippen molar-refractivity contribution in [2.45, 2.75) is 30.6 Å². The molecule has 2 heterocycles. The molecule has 1 amide bonds. The number of carbonyl (C=O) groups is 2. The van der Waals surface area contributed by atoms with Crippen LogP contribution in [0.1, 0.15) is 34.5 Å². The Morgan fingerprint density at radius 1 is 1.06 bits per heavy atom. The van der Waals surface area contributed by atoms with Crippen molar-refractivity contribution in [3.05, 3.63) is 59.3 Å². The molecule has 1 aliphatic carbocycles. The number of anilines is 1. The summed E-state index contributed by atoms with van der Waals surface area (Å²) in [6, 6.07) is 11.4. The lowest BCUT2D eigenvalue weighted by molar-refractivity contribution is -0.119. The minimum atomic E-state index is -3.69. The zero-order chi connectivity index (χ0) is 24.4. The van der Waals surface area contributed by atoms with E-state index in [2.05, 4.69) is 10.3 Å². The number of aromatic nitrogens is 1. The first kappa shape index (κ1) is 23.5. The summed E-state index contributed by atoms with van der Waals surface area (Å²) in [4.78, 5) is 28.5. The zero-order valence-electron chi connectivity index (χ0n) is 19.2. The van der Waals surface area contributed by atoms with Crippen LogP contribution in [0.5, 0.6) is 0 Å². The van der Waals surface area contributed by atoms with E-state index in [0.29, 0.717) is 24.5 Å². The van der Waals surface area contributed by atoms with Crippen LogP contribution in [-0.2, 0) is 37.1 Å². The fourth-order valence-corrected chi connectivity index (χ4v) is 6.07. The minimum Gasteiger partial charge on any atom is -0.452 e. The lowest BCUT2D eigenvalue weighted by Crippen LogP contribution is -2.40. The van der Waals surface area contributed by atoms with E-state index >= 15 is 0 Å². The third kappa shape index (κ3) is 4.95. The number of nitrogens with zero attached hydrogens (tertiary/aromatic N) is 1. The van der Waals surface area contributed by atoms with Gasteiger partial charge >= 0.3 is 5.97 Å². The maximum Gasteiger partial charge on any atom is 0.338 e. The van der Waals surface area contributed by atoms with Crippen LogP contribution in [0.3, 0.4) is 0 Å². The minimum absolute atomic E-state index is 0.0809. The number of H-pyrrole nitrogens is 1. The summed E-state index contributed by atoms with van der Waals surface area (Å²) < 4.78 is 37.5. The molecule has 5 rings (SSSR count). The van der Waals surface area contributed by atoms with Gasteiger partial charge in [-0.25, -0.2) is 13.2 Å². The molecule has 2 N–H and O–H groups in total. The van der Waals surface area contributed by atoms with Gasteiger partial charge in [-0.1, -0.05) is 6.07 Å². The van der Waals surface area contributed by atoms with Crippen molar-refractivity contribution in [3.8, 4) is 0 Å². The average Bonchev–Trinajstić information content (AvgIpc) is 3.26. The standard InChI is InChI=1S/C25H27N3O6S/c29-24(26-18-4-3-5-19(15-18)35(31,32)28-10-12-33-13-11-28)16-34-25(30)17-8-9-23-21(14-17)20-6-1-2-7-22(20)27-23/h3-5,8-9,14-15,27H,1-2,6-7,10-13,16H2,(H,26,29). The molecule has 1 aromatic heterocycles. The Bertz CT molecular complexity index is 1380. The van der Waals surface area contributed by atoms with Crippen LogP contribution in [0.2, 0.25) is 0 Å². The number of benzene rings is 2. The molecule has 0 radical (unpaired) electrons. The van der Waals surface area contributed by atoms with E-state index < -0.39 is 28.5 Å².